The van der Waals surface area contributed by atoms with Crippen molar-refractivity contribution in [1.29, 1.82) is 0 Å². The lowest BCUT2D eigenvalue weighted by molar-refractivity contribution is -0.140. The molecule has 3 nitrogen and oxygen atoms in total. The number of hydrogen-bond acceptors (Lipinski definition) is 3. The summed E-state index contributed by atoms with van der Waals surface area (Å²) < 4.78 is 4.93. The van der Waals surface area contributed by atoms with E-state index in [0.717, 1.165) is 43.4 Å². The van der Waals surface area contributed by atoms with Gasteiger partial charge in [0.25, 0.3) is 0 Å². The fraction of sp³-hybridized carbons (Fsp3) is 0.714. The number of ether oxygens (including phenoxy) is 1. The summed E-state index contributed by atoms with van der Waals surface area (Å²) in [5, 5.41) is 0. The maximum atomic E-state index is 10.8. The largest absolute Gasteiger partial charge is 0.427 e. The maximum absolute atomic E-state index is 10.8. The Morgan fingerprint density at radius 2 is 1.65 bits per heavy atom. The minimum atomic E-state index is -0.163. The Bertz CT molecular complexity index is 315. The first-order valence-electron chi connectivity index (χ1n) is 6.52. The van der Waals surface area contributed by atoms with Crippen molar-refractivity contribution in [2.75, 3.05) is 0 Å². The molecule has 1 rings (SSSR count). The maximum Gasteiger partial charge on any atom is 0.342 e. The van der Waals surface area contributed by atoms with Crippen molar-refractivity contribution in [2.45, 2.75) is 65.2 Å². The molecule has 0 unspecified atom stereocenters. The number of Topliss-reactive ketones (excluding diaryl/α,β-unsaturated/α-hetero) is 1. The molecule has 0 saturated carbocycles. The molecule has 17 heavy (non-hydrogen) atoms. The normalized spacial score (nSPS) is 14.6. The van der Waals surface area contributed by atoms with Crippen molar-refractivity contribution in [2.24, 2.45) is 0 Å². The van der Waals surface area contributed by atoms with E-state index in [0.29, 0.717) is 5.78 Å². The van der Waals surface area contributed by atoms with Gasteiger partial charge in [0, 0.05) is 12.8 Å². The topological polar surface area (TPSA) is 43.4 Å². The Morgan fingerprint density at radius 1 is 1.06 bits per heavy atom. The van der Waals surface area contributed by atoms with Crippen molar-refractivity contribution in [3.8, 4) is 0 Å². The summed E-state index contributed by atoms with van der Waals surface area (Å²) in [5.41, 5.74) is 0.798. The smallest absolute Gasteiger partial charge is 0.342 e. The lowest BCUT2D eigenvalue weighted by atomic mass is 10.0. The first-order chi connectivity index (χ1) is 8.11. The van der Waals surface area contributed by atoms with Crippen LogP contribution in [0.5, 0.6) is 0 Å². The van der Waals surface area contributed by atoms with Crippen molar-refractivity contribution in [3.05, 3.63) is 11.3 Å². The van der Waals surface area contributed by atoms with Crippen LogP contribution in [0.3, 0.4) is 0 Å². The molecule has 0 aliphatic carbocycles. The van der Waals surface area contributed by atoms with Gasteiger partial charge in [-0.25, -0.2) is 4.79 Å². The average Bonchev–Trinajstić information content (AvgIpc) is 2.30. The van der Waals surface area contributed by atoms with E-state index in [2.05, 4.69) is 0 Å². The van der Waals surface area contributed by atoms with E-state index in [1.165, 1.54) is 19.3 Å². The number of unbranched alkanes of at least 4 members (excludes halogenated alkanes) is 5. The molecule has 0 radical (unpaired) electrons. The van der Waals surface area contributed by atoms with Gasteiger partial charge in [-0.05, 0) is 26.7 Å². The van der Waals surface area contributed by atoms with E-state index in [1.807, 2.05) is 6.92 Å². The molecule has 1 aliphatic heterocycles. The number of carbonyl (C=O) groups excluding carboxylic acids is 2. The van der Waals surface area contributed by atoms with Gasteiger partial charge >= 0.3 is 5.97 Å². The lowest BCUT2D eigenvalue weighted by Gasteiger charge is -2.19. The molecule has 96 valence electrons. The molecular weight excluding hydrogens is 216 g/mol. The second-order valence-electron chi connectivity index (χ2n) is 4.76. The predicted molar refractivity (Wildman–Crippen MR) is 66.4 cm³/mol. The van der Waals surface area contributed by atoms with Crippen LogP contribution in [0.25, 0.3) is 0 Å². The van der Waals surface area contributed by atoms with Crippen LogP contribution in [-0.2, 0) is 14.3 Å². The van der Waals surface area contributed by atoms with Crippen molar-refractivity contribution >= 4 is 11.8 Å². The number of hydrogen-bond donors (Lipinski definition) is 0. The van der Waals surface area contributed by atoms with E-state index >= 15 is 0 Å². The van der Waals surface area contributed by atoms with E-state index in [-0.39, 0.29) is 5.97 Å². The van der Waals surface area contributed by atoms with Crippen LogP contribution in [0.15, 0.2) is 11.3 Å². The molecule has 0 aromatic rings. The molecule has 3 heteroatoms. The van der Waals surface area contributed by atoms with Crippen molar-refractivity contribution in [1.82, 2.24) is 0 Å². The molecule has 1 aliphatic rings. The van der Waals surface area contributed by atoms with E-state index in [4.69, 9.17) is 4.74 Å². The molecule has 0 N–H and O–H groups in total. The number of cyclic esters (lactones) is 1. The highest BCUT2D eigenvalue weighted by Crippen LogP contribution is 2.25. The number of rotatable bonds is 9. The molecule has 0 spiro atoms. The molecular formula is C14H22O3. The second-order valence-corrected chi connectivity index (χ2v) is 4.76. The summed E-state index contributed by atoms with van der Waals surface area (Å²) in [5.74, 6) is 1.01. The molecule has 0 amide bonds. The van der Waals surface area contributed by atoms with Gasteiger partial charge in [0.2, 0.25) is 0 Å². The summed E-state index contributed by atoms with van der Waals surface area (Å²) in [7, 11) is 0. The summed E-state index contributed by atoms with van der Waals surface area (Å²) in [6.45, 7) is 3.47. The fourth-order valence-corrected chi connectivity index (χ4v) is 1.94. The average molecular weight is 238 g/mol. The summed E-state index contributed by atoms with van der Waals surface area (Å²) >= 11 is 0. The fourth-order valence-electron chi connectivity index (χ4n) is 1.94. The van der Waals surface area contributed by atoms with Crippen LogP contribution in [0.2, 0.25) is 0 Å². The third-order valence-electron chi connectivity index (χ3n) is 3.12. The Labute approximate surface area is 103 Å². The number of carbonyl (C=O) groups is 2. The van der Waals surface area contributed by atoms with E-state index in [1.54, 1.807) is 6.92 Å². The summed E-state index contributed by atoms with van der Waals surface area (Å²) in [6, 6.07) is 0. The van der Waals surface area contributed by atoms with Crippen LogP contribution in [0, 0.1) is 0 Å². The zero-order valence-corrected chi connectivity index (χ0v) is 10.9. The van der Waals surface area contributed by atoms with Crippen molar-refractivity contribution < 1.29 is 14.3 Å². The van der Waals surface area contributed by atoms with Gasteiger partial charge in [0.05, 0.1) is 5.57 Å². The number of allylic oxidation sites excluding steroid dienone is 1. The summed E-state index contributed by atoms with van der Waals surface area (Å²) in [4.78, 5) is 21.5. The third-order valence-corrected chi connectivity index (χ3v) is 3.12. The van der Waals surface area contributed by atoms with Gasteiger partial charge in [0.15, 0.2) is 0 Å². The molecule has 0 atom stereocenters. The van der Waals surface area contributed by atoms with Gasteiger partial charge in [-0.1, -0.05) is 25.7 Å². The second kappa shape index (κ2) is 7.25. The predicted octanol–water partition coefficient (Wildman–Crippen LogP) is 3.53. The summed E-state index contributed by atoms with van der Waals surface area (Å²) in [6.07, 6.45) is 8.46. The highest BCUT2D eigenvalue weighted by atomic mass is 16.6. The minimum absolute atomic E-state index is 0.163. The van der Waals surface area contributed by atoms with Gasteiger partial charge in [-0.3, -0.25) is 0 Å². The lowest BCUT2D eigenvalue weighted by Crippen LogP contribution is -2.19. The zero-order valence-electron chi connectivity index (χ0n) is 10.9. The first-order valence-corrected chi connectivity index (χ1v) is 6.52. The number of esters is 1. The van der Waals surface area contributed by atoms with Gasteiger partial charge < -0.3 is 9.53 Å². The van der Waals surface area contributed by atoms with Crippen LogP contribution < -0.4 is 0 Å². The molecule has 0 aromatic heterocycles. The molecule has 0 bridgehead atoms. The highest BCUT2D eigenvalue weighted by Gasteiger charge is 2.24. The highest BCUT2D eigenvalue weighted by molar-refractivity contribution is 5.94. The van der Waals surface area contributed by atoms with Crippen LogP contribution in [0.4, 0.5) is 0 Å². The third kappa shape index (κ3) is 5.16. The van der Waals surface area contributed by atoms with E-state index in [9.17, 15) is 9.59 Å². The Morgan fingerprint density at radius 3 is 2.18 bits per heavy atom. The standard InChI is InChI=1S/C14H22O3/c1-11(15)9-7-5-3-4-6-8-10-13-12(2)14(16)17-13/h3-10H2,1-2H3. The Kier molecular flexibility index (Phi) is 5.95. The van der Waals surface area contributed by atoms with Crippen molar-refractivity contribution in [3.63, 3.8) is 0 Å². The van der Waals surface area contributed by atoms with Crippen LogP contribution >= 0.6 is 0 Å². The molecule has 0 saturated heterocycles. The van der Waals surface area contributed by atoms with Gasteiger partial charge in [0.1, 0.15) is 11.5 Å². The van der Waals surface area contributed by atoms with Gasteiger partial charge in [-0.15, -0.1) is 0 Å². The van der Waals surface area contributed by atoms with Gasteiger partial charge in [-0.2, -0.15) is 0 Å². The van der Waals surface area contributed by atoms with Crippen LogP contribution in [0.1, 0.15) is 65.2 Å². The quantitative estimate of drug-likeness (QED) is 0.456. The monoisotopic (exact) mass is 238 g/mol. The first kappa shape index (κ1) is 13.9. The Hall–Kier alpha value is -1.12. The van der Waals surface area contributed by atoms with E-state index < -0.39 is 0 Å². The molecule has 0 aromatic carbocycles. The zero-order chi connectivity index (χ0) is 12.7. The minimum Gasteiger partial charge on any atom is -0.427 e. The van der Waals surface area contributed by atoms with Crippen LogP contribution in [-0.4, -0.2) is 11.8 Å². The molecule has 0 fully saturated rings. The Balaban J connectivity index is 1.89. The number of ketones is 1. The SMILES string of the molecule is CC(=O)CCCCCCCCC1=C(C)C(=O)O1. The molecule has 1 heterocycles.